The predicted octanol–water partition coefficient (Wildman–Crippen LogP) is 2.74. The zero-order valence-electron chi connectivity index (χ0n) is 3.99. The van der Waals surface area contributed by atoms with E-state index in [4.69, 9.17) is 11.6 Å². The maximum Gasteiger partial charge on any atom is 0.0495 e. The number of rotatable bonds is 0. The number of halogens is 2. The molecule has 0 atom stereocenters. The number of hydrogen-bond acceptors (Lipinski definition) is 0. The molecule has 0 aromatic heterocycles. The van der Waals surface area contributed by atoms with Gasteiger partial charge < -0.3 is 0 Å². The van der Waals surface area contributed by atoms with E-state index < -0.39 is 0 Å². The van der Waals surface area contributed by atoms with Crippen LogP contribution in [0.2, 0.25) is 5.02 Å². The molecule has 0 saturated heterocycles. The molecule has 1 aromatic carbocycles. The largest absolute Gasteiger partial charge is 0.0836 e. The smallest absolute Gasteiger partial charge is 0.0495 e. The Balaban J connectivity index is 3.08. The third-order valence-electron chi connectivity index (χ3n) is 0.728. The van der Waals surface area contributed by atoms with Crippen molar-refractivity contribution < 1.29 is 0 Å². The number of benzene rings is 1. The van der Waals surface area contributed by atoms with Crippen molar-refractivity contribution in [3.05, 3.63) is 32.9 Å². The molecule has 0 aliphatic heterocycles. The minimum atomic E-state index is 0.678. The second kappa shape index (κ2) is 2.69. The van der Waals surface area contributed by atoms with E-state index >= 15 is 0 Å². The Bertz CT molecular complexity index is 168. The van der Waals surface area contributed by atoms with Crippen LogP contribution in [0.3, 0.4) is 0 Å². The molecule has 0 saturated carbocycles. The van der Waals surface area contributed by atoms with Crippen molar-refractivity contribution >= 4 is 34.2 Å². The molecule has 0 N–H and O–H groups in total. The van der Waals surface area contributed by atoms with Crippen LogP contribution in [0.15, 0.2) is 18.2 Å². The van der Waals surface area contributed by atoms with Gasteiger partial charge in [0.15, 0.2) is 0 Å². The van der Waals surface area contributed by atoms with Crippen molar-refractivity contribution in [3.63, 3.8) is 0 Å². The second-order valence-corrected chi connectivity index (χ2v) is 3.01. The summed E-state index contributed by atoms with van der Waals surface area (Å²) in [6.45, 7) is 0. The minimum absolute atomic E-state index is 0.678. The zero-order valence-corrected chi connectivity index (χ0v) is 6.90. The van der Waals surface area contributed by atoms with Gasteiger partial charge in [0.05, 0.1) is 0 Å². The molecule has 1 rings (SSSR count). The molecule has 1 aromatic rings. The van der Waals surface area contributed by atoms with Crippen molar-refractivity contribution in [2.45, 2.75) is 0 Å². The molecular weight excluding hydrogens is 234 g/mol. The first-order valence-electron chi connectivity index (χ1n) is 2.12. The highest BCUT2D eigenvalue weighted by atomic mass is 127. The predicted molar refractivity (Wildman–Crippen MR) is 43.0 cm³/mol. The first-order valence-corrected chi connectivity index (χ1v) is 3.57. The van der Waals surface area contributed by atoms with E-state index in [0.717, 1.165) is 3.57 Å². The van der Waals surface area contributed by atoms with Gasteiger partial charge >= 0.3 is 0 Å². The van der Waals surface area contributed by atoms with Gasteiger partial charge in [0.2, 0.25) is 0 Å². The summed E-state index contributed by atoms with van der Waals surface area (Å²) in [4.78, 5) is 0. The van der Waals surface area contributed by atoms with Gasteiger partial charge in [-0.3, -0.25) is 0 Å². The summed E-state index contributed by atoms with van der Waals surface area (Å²) in [5.41, 5.74) is 0. The maximum absolute atomic E-state index is 5.58. The van der Waals surface area contributed by atoms with Crippen LogP contribution >= 0.6 is 34.2 Å². The lowest BCUT2D eigenvalue weighted by molar-refractivity contribution is 1.63. The number of hydrogen-bond donors (Lipinski definition) is 0. The quantitative estimate of drug-likeness (QED) is 0.609. The molecule has 41 valence electrons. The maximum atomic E-state index is 5.58. The fourth-order valence-corrected chi connectivity index (χ4v) is 1.27. The van der Waals surface area contributed by atoms with Gasteiger partial charge in [-0.25, -0.2) is 0 Å². The first-order chi connectivity index (χ1) is 3.79. The van der Waals surface area contributed by atoms with Gasteiger partial charge in [0, 0.05) is 14.7 Å². The van der Waals surface area contributed by atoms with E-state index in [2.05, 4.69) is 28.7 Å². The van der Waals surface area contributed by atoms with Crippen LogP contribution < -0.4 is 0 Å². The van der Waals surface area contributed by atoms with Crippen LogP contribution in [-0.2, 0) is 0 Å². The third kappa shape index (κ3) is 1.63. The standard InChI is InChI=1S/C6H3ClI/c7-5-2-1-3-6(8)4-5/h1,3-4H. The molecule has 2 heteroatoms. The van der Waals surface area contributed by atoms with Gasteiger partial charge in [-0.2, -0.15) is 0 Å². The van der Waals surface area contributed by atoms with Crippen molar-refractivity contribution in [1.82, 2.24) is 0 Å². The van der Waals surface area contributed by atoms with Gasteiger partial charge in [-0.1, -0.05) is 17.7 Å². The third-order valence-corrected chi connectivity index (χ3v) is 1.62. The Morgan fingerprint density at radius 1 is 1.62 bits per heavy atom. The van der Waals surface area contributed by atoms with Crippen LogP contribution in [-0.4, -0.2) is 0 Å². The molecule has 0 spiro atoms. The summed E-state index contributed by atoms with van der Waals surface area (Å²) in [5, 5.41) is 0.678. The fraction of sp³-hybridized carbons (Fsp3) is 0. The Morgan fingerprint density at radius 3 is 2.75 bits per heavy atom. The molecule has 0 aliphatic carbocycles. The van der Waals surface area contributed by atoms with Crippen LogP contribution in [0, 0.1) is 9.64 Å². The molecule has 0 unspecified atom stereocenters. The highest BCUT2D eigenvalue weighted by molar-refractivity contribution is 14.1. The average Bonchev–Trinajstić information content (AvgIpc) is 1.64. The average molecular weight is 237 g/mol. The first kappa shape index (κ1) is 6.36. The highest BCUT2D eigenvalue weighted by Crippen LogP contribution is 2.10. The summed E-state index contributed by atoms with van der Waals surface area (Å²) in [5.74, 6) is 0. The Labute approximate surface area is 67.0 Å². The molecule has 0 heterocycles. The Morgan fingerprint density at radius 2 is 2.38 bits per heavy atom. The lowest BCUT2D eigenvalue weighted by atomic mass is 10.4. The van der Waals surface area contributed by atoms with Crippen LogP contribution in [0.1, 0.15) is 0 Å². The highest BCUT2D eigenvalue weighted by Gasteiger charge is 1.85. The normalized spacial score (nSPS) is 9.25. The Kier molecular flexibility index (Phi) is 2.14. The van der Waals surface area contributed by atoms with E-state index in [1.165, 1.54) is 0 Å². The molecule has 0 amide bonds. The lowest BCUT2D eigenvalue weighted by Gasteiger charge is -1.86. The van der Waals surface area contributed by atoms with E-state index in [1.54, 1.807) is 0 Å². The van der Waals surface area contributed by atoms with Crippen LogP contribution in [0.4, 0.5) is 0 Å². The van der Waals surface area contributed by atoms with Crippen molar-refractivity contribution in [2.24, 2.45) is 0 Å². The second-order valence-electron chi connectivity index (χ2n) is 1.35. The van der Waals surface area contributed by atoms with Crippen LogP contribution in [0.25, 0.3) is 0 Å². The molecule has 1 radical (unpaired) electrons. The zero-order chi connectivity index (χ0) is 5.98. The Hall–Kier alpha value is 0.240. The molecular formula is C6H3ClI. The summed E-state index contributed by atoms with van der Waals surface area (Å²) in [7, 11) is 0. The molecule has 0 bridgehead atoms. The molecule has 0 fully saturated rings. The lowest BCUT2D eigenvalue weighted by Crippen LogP contribution is -1.66. The van der Waals surface area contributed by atoms with Gasteiger partial charge in [0.25, 0.3) is 0 Å². The fourth-order valence-electron chi connectivity index (χ4n) is 0.412. The van der Waals surface area contributed by atoms with E-state index in [0.29, 0.717) is 5.02 Å². The van der Waals surface area contributed by atoms with E-state index in [1.807, 2.05) is 18.2 Å². The van der Waals surface area contributed by atoms with Crippen molar-refractivity contribution in [2.75, 3.05) is 0 Å². The van der Waals surface area contributed by atoms with Gasteiger partial charge in [-0.15, -0.1) is 0 Å². The van der Waals surface area contributed by atoms with Crippen molar-refractivity contribution in [3.8, 4) is 0 Å². The minimum Gasteiger partial charge on any atom is -0.0836 e. The topological polar surface area (TPSA) is 0 Å². The summed E-state index contributed by atoms with van der Waals surface area (Å²) >= 11 is 7.79. The summed E-state index contributed by atoms with van der Waals surface area (Å²) in [6, 6.07) is 8.46. The summed E-state index contributed by atoms with van der Waals surface area (Å²) in [6.07, 6.45) is 0. The monoisotopic (exact) mass is 237 g/mol. The molecule has 0 aliphatic rings. The van der Waals surface area contributed by atoms with E-state index in [-0.39, 0.29) is 0 Å². The summed E-state index contributed by atoms with van der Waals surface area (Å²) < 4.78 is 1.14. The SMILES string of the molecule is Clc1[c]ccc(I)c1. The van der Waals surface area contributed by atoms with E-state index in [9.17, 15) is 0 Å². The van der Waals surface area contributed by atoms with Crippen molar-refractivity contribution in [1.29, 1.82) is 0 Å². The molecule has 8 heavy (non-hydrogen) atoms. The molecule has 0 nitrogen and oxygen atoms in total. The van der Waals surface area contributed by atoms with Gasteiger partial charge in [-0.05, 0) is 34.7 Å². The van der Waals surface area contributed by atoms with Crippen LogP contribution in [0.5, 0.6) is 0 Å². The van der Waals surface area contributed by atoms with Gasteiger partial charge in [0.1, 0.15) is 0 Å².